The number of benzene rings is 1. The molecule has 0 fully saturated rings. The molecule has 106 valence electrons. The van der Waals surface area contributed by atoms with Crippen LogP contribution in [0.15, 0.2) is 24.3 Å². The maximum atomic E-state index is 11.3. The van der Waals surface area contributed by atoms with Gasteiger partial charge in [0.25, 0.3) is 5.69 Å². The predicted molar refractivity (Wildman–Crippen MR) is 70.1 cm³/mol. The minimum absolute atomic E-state index is 0.00636. The maximum Gasteiger partial charge on any atom is 0.338 e. The van der Waals surface area contributed by atoms with Gasteiger partial charge in [-0.2, -0.15) is 0 Å². The van der Waals surface area contributed by atoms with Crippen molar-refractivity contribution in [3.8, 4) is 0 Å². The van der Waals surface area contributed by atoms with E-state index in [1.54, 1.807) is 0 Å². The third kappa shape index (κ3) is 3.91. The van der Waals surface area contributed by atoms with E-state index in [1.165, 1.54) is 38.5 Å². The van der Waals surface area contributed by atoms with Crippen LogP contribution in [0.4, 0.5) is 5.69 Å². The second-order valence-electron chi connectivity index (χ2n) is 3.70. The molecule has 1 aromatic carbocycles. The van der Waals surface area contributed by atoms with E-state index in [1.807, 2.05) is 0 Å². The first-order valence-electron chi connectivity index (χ1n) is 5.59. The van der Waals surface area contributed by atoms with E-state index in [-0.39, 0.29) is 23.2 Å². The Morgan fingerprint density at radius 3 is 2.55 bits per heavy atom. The summed E-state index contributed by atoms with van der Waals surface area (Å²) < 4.78 is 8.94. The van der Waals surface area contributed by atoms with Crippen molar-refractivity contribution >= 4 is 23.7 Å². The Morgan fingerprint density at radius 2 is 2.00 bits per heavy atom. The highest BCUT2D eigenvalue weighted by Crippen LogP contribution is 2.22. The van der Waals surface area contributed by atoms with Gasteiger partial charge in [0, 0.05) is 6.07 Å². The summed E-state index contributed by atoms with van der Waals surface area (Å²) in [5, 5.41) is 11.0. The quantitative estimate of drug-likeness (QED) is 0.464. The number of carbonyl (C=O) groups is 2. The summed E-state index contributed by atoms with van der Waals surface area (Å²) in [5.41, 5.74) is 0.130. The minimum atomic E-state index is -0.654. The maximum absolute atomic E-state index is 11.3. The van der Waals surface area contributed by atoms with Gasteiger partial charge in [-0.3, -0.25) is 14.9 Å². The molecule has 0 bridgehead atoms. The summed E-state index contributed by atoms with van der Waals surface area (Å²) in [6.07, 6.45) is 2.88. The van der Waals surface area contributed by atoms with E-state index in [0.29, 0.717) is 0 Å². The van der Waals surface area contributed by atoms with E-state index in [0.717, 1.165) is 6.07 Å². The Kier molecular flexibility index (Phi) is 5.40. The number of ether oxygens (including phenoxy) is 2. The zero-order valence-electron chi connectivity index (χ0n) is 11.0. The summed E-state index contributed by atoms with van der Waals surface area (Å²) >= 11 is 0. The number of methoxy groups -OCH3 is 2. The molecule has 0 unspecified atom stereocenters. The summed E-state index contributed by atoms with van der Waals surface area (Å²) in [6, 6.07) is 3.96. The van der Waals surface area contributed by atoms with Crippen molar-refractivity contribution < 1.29 is 24.0 Å². The van der Waals surface area contributed by atoms with Crippen LogP contribution in [0, 0.1) is 10.1 Å². The molecule has 0 radical (unpaired) electrons. The fourth-order valence-corrected chi connectivity index (χ4v) is 1.45. The van der Waals surface area contributed by atoms with Crippen molar-refractivity contribution in [2.45, 2.75) is 6.42 Å². The molecule has 0 heterocycles. The third-order valence-electron chi connectivity index (χ3n) is 2.46. The van der Waals surface area contributed by atoms with Crippen LogP contribution in [0.25, 0.3) is 6.08 Å². The largest absolute Gasteiger partial charge is 0.469 e. The first-order chi connectivity index (χ1) is 9.49. The van der Waals surface area contributed by atoms with Crippen LogP contribution >= 0.6 is 0 Å². The van der Waals surface area contributed by atoms with Crippen LogP contribution in [0.5, 0.6) is 0 Å². The van der Waals surface area contributed by atoms with E-state index in [9.17, 15) is 19.7 Å². The van der Waals surface area contributed by atoms with Crippen molar-refractivity contribution in [2.75, 3.05) is 14.2 Å². The molecule has 0 atom stereocenters. The number of esters is 2. The summed E-state index contributed by atoms with van der Waals surface area (Å²) in [5.74, 6) is -1.10. The van der Waals surface area contributed by atoms with Gasteiger partial charge in [0.15, 0.2) is 0 Å². The Bertz CT molecular complexity index is 564. The summed E-state index contributed by atoms with van der Waals surface area (Å²) in [4.78, 5) is 32.6. The van der Waals surface area contributed by atoms with E-state index in [4.69, 9.17) is 0 Å². The number of hydrogen-bond donors (Lipinski definition) is 0. The van der Waals surface area contributed by atoms with Crippen LogP contribution in [0.2, 0.25) is 0 Å². The highest BCUT2D eigenvalue weighted by Gasteiger charge is 2.16. The molecule has 0 saturated heterocycles. The molecule has 1 rings (SSSR count). The number of carbonyl (C=O) groups excluding carboxylic acids is 2. The molecule has 1 aromatic rings. The van der Waals surface area contributed by atoms with Crippen molar-refractivity contribution in [3.63, 3.8) is 0 Å². The Morgan fingerprint density at radius 1 is 1.30 bits per heavy atom. The molecule has 0 spiro atoms. The summed E-state index contributed by atoms with van der Waals surface area (Å²) in [7, 11) is 2.45. The number of rotatable bonds is 5. The van der Waals surface area contributed by atoms with Crippen molar-refractivity contribution in [2.24, 2.45) is 0 Å². The highest BCUT2D eigenvalue weighted by molar-refractivity contribution is 5.90. The molecule has 0 aliphatic carbocycles. The lowest BCUT2D eigenvalue weighted by Gasteiger charge is -2.02. The van der Waals surface area contributed by atoms with Gasteiger partial charge in [0.2, 0.25) is 0 Å². The molecule has 0 aliphatic rings. The average molecular weight is 279 g/mol. The van der Waals surface area contributed by atoms with Crippen molar-refractivity contribution in [3.05, 3.63) is 45.5 Å². The van der Waals surface area contributed by atoms with Crippen LogP contribution < -0.4 is 0 Å². The van der Waals surface area contributed by atoms with Gasteiger partial charge < -0.3 is 9.47 Å². The Labute approximate surface area is 114 Å². The SMILES string of the molecule is COC(=O)CC=Cc1ccc(C(=O)OC)cc1[N+](=O)[O-]. The molecule has 0 amide bonds. The molecular formula is C13H13NO6. The minimum Gasteiger partial charge on any atom is -0.469 e. The molecule has 7 nitrogen and oxygen atoms in total. The summed E-state index contributed by atoms with van der Waals surface area (Å²) in [6.45, 7) is 0. The van der Waals surface area contributed by atoms with E-state index in [2.05, 4.69) is 9.47 Å². The van der Waals surface area contributed by atoms with Gasteiger partial charge >= 0.3 is 11.9 Å². The fraction of sp³-hybridized carbons (Fsp3) is 0.231. The lowest BCUT2D eigenvalue weighted by atomic mass is 10.1. The zero-order chi connectivity index (χ0) is 15.1. The van der Waals surface area contributed by atoms with Gasteiger partial charge in [-0.1, -0.05) is 12.2 Å². The lowest BCUT2D eigenvalue weighted by Crippen LogP contribution is -2.03. The van der Waals surface area contributed by atoms with Crippen LogP contribution in [-0.4, -0.2) is 31.1 Å². The molecule has 0 N–H and O–H groups in total. The normalized spacial score (nSPS) is 10.3. The van der Waals surface area contributed by atoms with Gasteiger partial charge in [0.1, 0.15) is 0 Å². The van der Waals surface area contributed by atoms with Crippen LogP contribution in [-0.2, 0) is 14.3 Å². The van der Waals surface area contributed by atoms with E-state index < -0.39 is 16.9 Å². The van der Waals surface area contributed by atoms with Gasteiger partial charge in [-0.05, 0) is 12.1 Å². The molecule has 7 heteroatoms. The van der Waals surface area contributed by atoms with Crippen molar-refractivity contribution in [1.29, 1.82) is 0 Å². The number of nitrogens with zero attached hydrogens (tertiary/aromatic N) is 1. The lowest BCUT2D eigenvalue weighted by molar-refractivity contribution is -0.385. The second kappa shape index (κ2) is 7.03. The smallest absolute Gasteiger partial charge is 0.338 e. The monoisotopic (exact) mass is 279 g/mol. The van der Waals surface area contributed by atoms with Gasteiger partial charge in [-0.15, -0.1) is 0 Å². The first-order valence-corrected chi connectivity index (χ1v) is 5.59. The van der Waals surface area contributed by atoms with Gasteiger partial charge in [0.05, 0.1) is 36.7 Å². The Balaban J connectivity index is 3.05. The second-order valence-corrected chi connectivity index (χ2v) is 3.70. The molecule has 0 aliphatic heterocycles. The standard InChI is InChI=1S/C13H13NO6/c1-19-12(15)5-3-4-9-6-7-10(13(16)20-2)8-11(9)14(17)18/h3-4,6-8H,5H2,1-2H3. The average Bonchev–Trinajstić information content (AvgIpc) is 2.46. The van der Waals surface area contributed by atoms with Crippen LogP contribution in [0.1, 0.15) is 22.3 Å². The third-order valence-corrected chi connectivity index (χ3v) is 2.46. The number of nitro benzene ring substituents is 1. The Hall–Kier alpha value is -2.70. The topological polar surface area (TPSA) is 95.7 Å². The highest BCUT2D eigenvalue weighted by atomic mass is 16.6. The molecule has 0 aromatic heterocycles. The predicted octanol–water partition coefficient (Wildman–Crippen LogP) is 1.96. The van der Waals surface area contributed by atoms with Gasteiger partial charge in [-0.25, -0.2) is 4.79 Å². The fourth-order valence-electron chi connectivity index (χ4n) is 1.45. The molecule has 0 saturated carbocycles. The van der Waals surface area contributed by atoms with Crippen LogP contribution in [0.3, 0.4) is 0 Å². The number of hydrogen-bond acceptors (Lipinski definition) is 6. The molecule has 20 heavy (non-hydrogen) atoms. The first kappa shape index (κ1) is 15.4. The number of nitro groups is 1. The zero-order valence-corrected chi connectivity index (χ0v) is 11.0. The van der Waals surface area contributed by atoms with Crippen molar-refractivity contribution in [1.82, 2.24) is 0 Å². The van der Waals surface area contributed by atoms with E-state index >= 15 is 0 Å². The molecular weight excluding hydrogens is 266 g/mol.